The van der Waals surface area contributed by atoms with Gasteiger partial charge in [0.15, 0.2) is 0 Å². The molecule has 0 bridgehead atoms. The van der Waals surface area contributed by atoms with E-state index in [0.29, 0.717) is 0 Å². The van der Waals surface area contributed by atoms with Crippen LogP contribution in [-0.4, -0.2) is 18.1 Å². The minimum atomic E-state index is -0.686. The number of carbonyl (C=O) groups excluding carboxylic acids is 1. The topological polar surface area (TPSA) is 72.2 Å². The maximum Gasteiger partial charge on any atom is 0.338 e. The number of halogens is 1. The van der Waals surface area contributed by atoms with Gasteiger partial charge in [-0.1, -0.05) is 0 Å². The normalized spacial score (nSPS) is 9.65. The summed E-state index contributed by atoms with van der Waals surface area (Å²) >= 11 is 0. The van der Waals surface area contributed by atoms with Crippen molar-refractivity contribution < 1.29 is 18.7 Å². The van der Waals surface area contributed by atoms with E-state index in [1.165, 1.54) is 37.6 Å². The predicted molar refractivity (Wildman–Crippen MR) is 66.8 cm³/mol. The second-order valence-electron chi connectivity index (χ2n) is 3.73. The number of hydrogen-bond acceptors (Lipinski definition) is 5. The van der Waals surface area contributed by atoms with Crippen molar-refractivity contribution in [3.8, 4) is 17.7 Å². The lowest BCUT2D eigenvalue weighted by Crippen LogP contribution is -2.01. The molecule has 20 heavy (non-hydrogen) atoms. The summed E-state index contributed by atoms with van der Waals surface area (Å²) in [6.07, 6.45) is 1.38. The summed E-state index contributed by atoms with van der Waals surface area (Å²) in [5.41, 5.74) is 0.195. The molecule has 100 valence electrons. The predicted octanol–water partition coefficient (Wildman–Crippen LogP) is 2.67. The fourth-order valence-electron chi connectivity index (χ4n) is 1.48. The Hall–Kier alpha value is -2.94. The Bertz CT molecular complexity index is 695. The van der Waals surface area contributed by atoms with Gasteiger partial charge in [0.05, 0.1) is 18.2 Å². The van der Waals surface area contributed by atoms with Crippen LogP contribution < -0.4 is 4.74 Å². The number of esters is 1. The molecule has 0 aliphatic carbocycles. The van der Waals surface area contributed by atoms with Gasteiger partial charge in [0, 0.05) is 18.3 Å². The van der Waals surface area contributed by atoms with Crippen LogP contribution >= 0.6 is 0 Å². The molecule has 0 aliphatic heterocycles. The third kappa shape index (κ3) is 2.90. The van der Waals surface area contributed by atoms with E-state index in [-0.39, 0.29) is 22.8 Å². The lowest BCUT2D eigenvalue weighted by Gasteiger charge is -2.06. The van der Waals surface area contributed by atoms with Gasteiger partial charge in [0.25, 0.3) is 0 Å². The molecule has 1 aromatic heterocycles. The van der Waals surface area contributed by atoms with Crippen LogP contribution in [-0.2, 0) is 4.74 Å². The lowest BCUT2D eigenvalue weighted by atomic mass is 10.2. The summed E-state index contributed by atoms with van der Waals surface area (Å²) in [7, 11) is 1.26. The highest BCUT2D eigenvalue weighted by Gasteiger charge is 2.09. The minimum absolute atomic E-state index is 0.0754. The number of benzene rings is 1. The minimum Gasteiger partial charge on any atom is -0.465 e. The number of ether oxygens (including phenoxy) is 2. The molecule has 0 unspecified atom stereocenters. The fraction of sp³-hybridized carbons (Fsp3) is 0.0714. The molecule has 0 radical (unpaired) electrons. The van der Waals surface area contributed by atoms with Crippen molar-refractivity contribution in [3.63, 3.8) is 0 Å². The van der Waals surface area contributed by atoms with Gasteiger partial charge in [0.2, 0.25) is 5.88 Å². The van der Waals surface area contributed by atoms with Crippen molar-refractivity contribution in [1.29, 1.82) is 5.26 Å². The van der Waals surface area contributed by atoms with Crippen LogP contribution in [0.3, 0.4) is 0 Å². The summed E-state index contributed by atoms with van der Waals surface area (Å²) in [5.74, 6) is -0.912. The average molecular weight is 272 g/mol. The summed E-state index contributed by atoms with van der Waals surface area (Å²) in [6, 6.07) is 8.37. The van der Waals surface area contributed by atoms with Gasteiger partial charge in [-0.2, -0.15) is 5.26 Å². The van der Waals surface area contributed by atoms with Gasteiger partial charge in [-0.15, -0.1) is 0 Å². The molecule has 0 saturated carbocycles. The lowest BCUT2D eigenvalue weighted by molar-refractivity contribution is 0.0600. The Labute approximate surface area is 114 Å². The quantitative estimate of drug-likeness (QED) is 0.803. The van der Waals surface area contributed by atoms with Crippen LogP contribution in [0, 0.1) is 17.1 Å². The first-order valence-electron chi connectivity index (χ1n) is 5.56. The SMILES string of the molecule is COC(=O)c1ccnc(Oc2ccc(C#N)c(F)c2)c1. The van der Waals surface area contributed by atoms with Crippen molar-refractivity contribution in [3.05, 3.63) is 53.5 Å². The second kappa shape index (κ2) is 5.80. The molecule has 0 fully saturated rings. The molecule has 1 heterocycles. The Morgan fingerprint density at radius 3 is 2.80 bits per heavy atom. The number of nitrogens with zero attached hydrogens (tertiary/aromatic N) is 2. The van der Waals surface area contributed by atoms with Crippen LogP contribution in [0.1, 0.15) is 15.9 Å². The third-order valence-corrected chi connectivity index (χ3v) is 2.44. The molecule has 5 nitrogen and oxygen atoms in total. The Balaban J connectivity index is 2.24. The first kappa shape index (κ1) is 13.5. The van der Waals surface area contributed by atoms with Crippen LogP contribution in [0.25, 0.3) is 0 Å². The summed E-state index contributed by atoms with van der Waals surface area (Å²) in [6.45, 7) is 0. The zero-order valence-electron chi connectivity index (χ0n) is 10.5. The molecule has 0 atom stereocenters. The van der Waals surface area contributed by atoms with Gasteiger partial charge in [-0.25, -0.2) is 14.2 Å². The number of rotatable bonds is 3. The van der Waals surface area contributed by atoms with E-state index in [9.17, 15) is 9.18 Å². The molecule has 2 rings (SSSR count). The van der Waals surface area contributed by atoms with E-state index < -0.39 is 11.8 Å². The zero-order chi connectivity index (χ0) is 14.5. The maximum absolute atomic E-state index is 13.4. The summed E-state index contributed by atoms with van der Waals surface area (Å²) in [5, 5.41) is 8.63. The van der Waals surface area contributed by atoms with Crippen molar-refractivity contribution in [2.45, 2.75) is 0 Å². The van der Waals surface area contributed by atoms with E-state index in [2.05, 4.69) is 9.72 Å². The van der Waals surface area contributed by atoms with Crippen molar-refractivity contribution in [2.75, 3.05) is 7.11 Å². The molecule has 1 aromatic carbocycles. The first-order chi connectivity index (χ1) is 9.63. The molecule has 0 aliphatic rings. The summed E-state index contributed by atoms with van der Waals surface area (Å²) in [4.78, 5) is 15.3. The van der Waals surface area contributed by atoms with Gasteiger partial charge in [-0.05, 0) is 18.2 Å². The first-order valence-corrected chi connectivity index (χ1v) is 5.56. The summed E-state index contributed by atoms with van der Waals surface area (Å²) < 4.78 is 23.3. The smallest absolute Gasteiger partial charge is 0.338 e. The third-order valence-electron chi connectivity index (χ3n) is 2.44. The van der Waals surface area contributed by atoms with Gasteiger partial charge < -0.3 is 9.47 Å². The van der Waals surface area contributed by atoms with Gasteiger partial charge >= 0.3 is 5.97 Å². The van der Waals surface area contributed by atoms with Crippen molar-refractivity contribution in [1.82, 2.24) is 4.98 Å². The monoisotopic (exact) mass is 272 g/mol. The van der Waals surface area contributed by atoms with Gasteiger partial charge in [0.1, 0.15) is 17.6 Å². The Morgan fingerprint density at radius 2 is 2.15 bits per heavy atom. The molecule has 6 heteroatoms. The van der Waals surface area contributed by atoms with E-state index in [1.54, 1.807) is 6.07 Å². The fourth-order valence-corrected chi connectivity index (χ4v) is 1.48. The van der Waals surface area contributed by atoms with E-state index in [4.69, 9.17) is 10.00 Å². The number of carbonyl (C=O) groups is 1. The molecule has 0 spiro atoms. The van der Waals surface area contributed by atoms with E-state index in [1.807, 2.05) is 0 Å². The van der Waals surface area contributed by atoms with Crippen molar-refractivity contribution in [2.24, 2.45) is 0 Å². The van der Waals surface area contributed by atoms with Crippen LogP contribution in [0.5, 0.6) is 11.6 Å². The molecule has 0 N–H and O–H groups in total. The van der Waals surface area contributed by atoms with Gasteiger partial charge in [-0.3, -0.25) is 0 Å². The average Bonchev–Trinajstić information content (AvgIpc) is 2.47. The Morgan fingerprint density at radius 1 is 1.35 bits per heavy atom. The largest absolute Gasteiger partial charge is 0.465 e. The molecular formula is C14H9FN2O3. The number of hydrogen-bond donors (Lipinski definition) is 0. The highest BCUT2D eigenvalue weighted by molar-refractivity contribution is 5.89. The highest BCUT2D eigenvalue weighted by Crippen LogP contribution is 2.22. The van der Waals surface area contributed by atoms with E-state index >= 15 is 0 Å². The molecule has 0 amide bonds. The number of methoxy groups -OCH3 is 1. The molecule has 0 saturated heterocycles. The van der Waals surface area contributed by atoms with Crippen molar-refractivity contribution >= 4 is 5.97 Å². The van der Waals surface area contributed by atoms with Crippen LogP contribution in [0.4, 0.5) is 4.39 Å². The standard InChI is InChI=1S/C14H9FN2O3/c1-19-14(18)9-4-5-17-13(6-9)20-11-3-2-10(8-16)12(15)7-11/h2-7H,1H3. The highest BCUT2D eigenvalue weighted by atomic mass is 19.1. The van der Waals surface area contributed by atoms with Crippen LogP contribution in [0.2, 0.25) is 0 Å². The second-order valence-corrected chi connectivity index (χ2v) is 3.73. The molecule has 2 aromatic rings. The van der Waals surface area contributed by atoms with E-state index in [0.717, 1.165) is 6.07 Å². The molecular weight excluding hydrogens is 263 g/mol. The Kier molecular flexibility index (Phi) is 3.91. The number of pyridine rings is 1. The van der Waals surface area contributed by atoms with Crippen LogP contribution in [0.15, 0.2) is 36.5 Å². The number of nitriles is 1. The zero-order valence-corrected chi connectivity index (χ0v) is 10.5. The number of aromatic nitrogens is 1. The maximum atomic E-state index is 13.4.